The summed E-state index contributed by atoms with van der Waals surface area (Å²) in [4.78, 5) is 5.98. The van der Waals surface area contributed by atoms with Gasteiger partial charge in [0.1, 0.15) is 11.4 Å². The fourth-order valence-electron chi connectivity index (χ4n) is 4.45. The standard InChI is InChI=1S/C22H24N2O/c1-4-8-21-17(5-1)15-22(25-21)10-13-24(14-11-22)12-9-18-16-23-20-7-3-2-6-19(18)20/h1-8,16,23H,9-15H2. The molecule has 3 aromatic rings. The van der Waals surface area contributed by atoms with Crippen LogP contribution in [0.2, 0.25) is 0 Å². The summed E-state index contributed by atoms with van der Waals surface area (Å²) < 4.78 is 6.36. The maximum absolute atomic E-state index is 6.36. The minimum Gasteiger partial charge on any atom is -0.487 e. The SMILES string of the molecule is c1ccc2c(c1)CC1(CCN(CCc3c[nH]c4ccccc34)CC1)O2. The van der Waals surface area contributed by atoms with Crippen LogP contribution in [0.5, 0.6) is 5.75 Å². The van der Waals surface area contributed by atoms with E-state index in [1.807, 2.05) is 0 Å². The molecule has 3 heteroatoms. The number of aromatic amines is 1. The van der Waals surface area contributed by atoms with E-state index < -0.39 is 0 Å². The van der Waals surface area contributed by atoms with Crippen LogP contribution in [0.1, 0.15) is 24.0 Å². The van der Waals surface area contributed by atoms with Crippen molar-refractivity contribution >= 4 is 10.9 Å². The van der Waals surface area contributed by atoms with Crippen LogP contribution in [0, 0.1) is 0 Å². The number of rotatable bonds is 3. The van der Waals surface area contributed by atoms with Crippen molar-refractivity contribution in [2.75, 3.05) is 19.6 Å². The number of ether oxygens (including phenoxy) is 1. The first kappa shape index (κ1) is 15.0. The normalized spacial score (nSPS) is 19.2. The molecule has 0 aliphatic carbocycles. The molecular weight excluding hydrogens is 308 g/mol. The third-order valence-corrected chi connectivity index (χ3v) is 5.95. The van der Waals surface area contributed by atoms with Crippen LogP contribution in [0.4, 0.5) is 0 Å². The highest BCUT2D eigenvalue weighted by Crippen LogP contribution is 2.40. The molecule has 0 amide bonds. The maximum atomic E-state index is 6.36. The Hall–Kier alpha value is -2.26. The number of hydrogen-bond acceptors (Lipinski definition) is 2. The lowest BCUT2D eigenvalue weighted by molar-refractivity contribution is 0.0198. The first-order valence-corrected chi connectivity index (χ1v) is 9.36. The van der Waals surface area contributed by atoms with Crippen LogP contribution >= 0.6 is 0 Å². The van der Waals surface area contributed by atoms with Crippen molar-refractivity contribution in [3.8, 4) is 5.75 Å². The van der Waals surface area contributed by atoms with Crippen molar-refractivity contribution in [1.29, 1.82) is 0 Å². The molecule has 3 heterocycles. The van der Waals surface area contributed by atoms with Crippen LogP contribution in [-0.4, -0.2) is 35.1 Å². The Kier molecular flexibility index (Phi) is 3.56. The summed E-state index contributed by atoms with van der Waals surface area (Å²) in [5.41, 5.74) is 4.11. The lowest BCUT2D eigenvalue weighted by Gasteiger charge is -2.38. The Bertz CT molecular complexity index is 863. The first-order chi connectivity index (χ1) is 12.3. The number of para-hydroxylation sites is 2. The molecule has 0 atom stereocenters. The van der Waals surface area contributed by atoms with E-state index in [9.17, 15) is 0 Å². The van der Waals surface area contributed by atoms with Crippen LogP contribution in [0.25, 0.3) is 10.9 Å². The molecule has 2 aliphatic heterocycles. The lowest BCUT2D eigenvalue weighted by Crippen LogP contribution is -2.47. The monoisotopic (exact) mass is 332 g/mol. The zero-order valence-electron chi connectivity index (χ0n) is 14.5. The first-order valence-electron chi connectivity index (χ1n) is 9.36. The van der Waals surface area contributed by atoms with Gasteiger partial charge in [0.05, 0.1) is 0 Å². The summed E-state index contributed by atoms with van der Waals surface area (Å²) >= 11 is 0. The molecule has 5 rings (SSSR count). The second kappa shape index (κ2) is 5.92. The van der Waals surface area contributed by atoms with Crippen molar-refractivity contribution in [3.63, 3.8) is 0 Å². The number of H-pyrrole nitrogens is 1. The molecular formula is C22H24N2O. The van der Waals surface area contributed by atoms with Crippen LogP contribution in [0.3, 0.4) is 0 Å². The van der Waals surface area contributed by atoms with E-state index in [1.54, 1.807) is 0 Å². The third-order valence-electron chi connectivity index (χ3n) is 5.95. The molecule has 2 aliphatic rings. The Morgan fingerprint density at radius 1 is 1.00 bits per heavy atom. The molecule has 128 valence electrons. The smallest absolute Gasteiger partial charge is 0.123 e. The zero-order valence-corrected chi connectivity index (χ0v) is 14.5. The molecule has 0 radical (unpaired) electrons. The van der Waals surface area contributed by atoms with Gasteiger partial charge in [-0.1, -0.05) is 36.4 Å². The lowest BCUT2D eigenvalue weighted by atomic mass is 9.87. The molecule has 1 fully saturated rings. The molecule has 1 aromatic heterocycles. The van der Waals surface area contributed by atoms with Crippen LogP contribution < -0.4 is 4.74 Å². The molecule has 0 saturated carbocycles. The largest absolute Gasteiger partial charge is 0.487 e. The van der Waals surface area contributed by atoms with E-state index in [0.29, 0.717) is 0 Å². The van der Waals surface area contributed by atoms with Gasteiger partial charge in [0.15, 0.2) is 0 Å². The molecule has 25 heavy (non-hydrogen) atoms. The van der Waals surface area contributed by atoms with Gasteiger partial charge in [-0.3, -0.25) is 0 Å². The Morgan fingerprint density at radius 2 is 1.80 bits per heavy atom. The van der Waals surface area contributed by atoms with E-state index in [-0.39, 0.29) is 5.60 Å². The van der Waals surface area contributed by atoms with Gasteiger partial charge in [0, 0.05) is 56.0 Å². The summed E-state index contributed by atoms with van der Waals surface area (Å²) in [5, 5.41) is 1.37. The summed E-state index contributed by atoms with van der Waals surface area (Å²) in [6, 6.07) is 17.1. The van der Waals surface area contributed by atoms with Crippen molar-refractivity contribution in [3.05, 3.63) is 65.9 Å². The van der Waals surface area contributed by atoms with Gasteiger partial charge < -0.3 is 14.6 Å². The Balaban J connectivity index is 1.20. The number of nitrogens with zero attached hydrogens (tertiary/aromatic N) is 1. The van der Waals surface area contributed by atoms with Gasteiger partial charge in [-0.2, -0.15) is 0 Å². The highest BCUT2D eigenvalue weighted by atomic mass is 16.5. The Morgan fingerprint density at radius 3 is 2.68 bits per heavy atom. The van der Waals surface area contributed by atoms with E-state index >= 15 is 0 Å². The van der Waals surface area contributed by atoms with Crippen molar-refractivity contribution < 1.29 is 4.74 Å². The molecule has 1 N–H and O–H groups in total. The quantitative estimate of drug-likeness (QED) is 0.779. The number of likely N-dealkylation sites (tertiary alicyclic amines) is 1. The molecule has 2 aromatic carbocycles. The van der Waals surface area contributed by atoms with Crippen molar-refractivity contribution in [1.82, 2.24) is 9.88 Å². The highest BCUT2D eigenvalue weighted by Gasteiger charge is 2.41. The summed E-state index contributed by atoms with van der Waals surface area (Å²) in [5.74, 6) is 1.11. The summed E-state index contributed by atoms with van der Waals surface area (Å²) in [6.45, 7) is 3.40. The molecule has 0 bridgehead atoms. The van der Waals surface area contributed by atoms with Crippen molar-refractivity contribution in [2.45, 2.75) is 31.3 Å². The van der Waals surface area contributed by atoms with Crippen LogP contribution in [-0.2, 0) is 12.8 Å². The van der Waals surface area contributed by atoms with Crippen LogP contribution in [0.15, 0.2) is 54.7 Å². The average molecular weight is 332 g/mol. The minimum absolute atomic E-state index is 0.0565. The van der Waals surface area contributed by atoms with E-state index in [4.69, 9.17) is 4.74 Å². The number of aromatic nitrogens is 1. The van der Waals surface area contributed by atoms with Gasteiger partial charge in [0.25, 0.3) is 0 Å². The number of benzene rings is 2. The van der Waals surface area contributed by atoms with Gasteiger partial charge >= 0.3 is 0 Å². The second-order valence-corrected chi connectivity index (χ2v) is 7.52. The third kappa shape index (κ3) is 2.73. The zero-order chi connectivity index (χ0) is 16.7. The number of piperidine rings is 1. The van der Waals surface area contributed by atoms with Crippen molar-refractivity contribution in [2.24, 2.45) is 0 Å². The molecule has 1 spiro atoms. The van der Waals surface area contributed by atoms with E-state index in [1.165, 1.54) is 22.0 Å². The molecule has 1 saturated heterocycles. The van der Waals surface area contributed by atoms with E-state index in [0.717, 1.165) is 51.1 Å². The average Bonchev–Trinajstić information content (AvgIpc) is 3.22. The maximum Gasteiger partial charge on any atom is 0.123 e. The fourth-order valence-corrected chi connectivity index (χ4v) is 4.45. The summed E-state index contributed by atoms with van der Waals surface area (Å²) in [7, 11) is 0. The minimum atomic E-state index is 0.0565. The van der Waals surface area contributed by atoms with E-state index in [2.05, 4.69) is 64.6 Å². The van der Waals surface area contributed by atoms with Gasteiger partial charge in [-0.15, -0.1) is 0 Å². The summed E-state index contributed by atoms with van der Waals surface area (Å²) in [6.07, 6.45) is 6.63. The molecule has 3 nitrogen and oxygen atoms in total. The topological polar surface area (TPSA) is 28.3 Å². The second-order valence-electron chi connectivity index (χ2n) is 7.52. The predicted octanol–water partition coefficient (Wildman–Crippen LogP) is 4.18. The predicted molar refractivity (Wildman–Crippen MR) is 101 cm³/mol. The highest BCUT2D eigenvalue weighted by molar-refractivity contribution is 5.83. The number of nitrogens with one attached hydrogen (secondary N) is 1. The molecule has 0 unspecified atom stereocenters. The fraction of sp³-hybridized carbons (Fsp3) is 0.364. The van der Waals surface area contributed by atoms with Gasteiger partial charge in [-0.25, -0.2) is 0 Å². The Labute approximate surface area is 148 Å². The number of hydrogen-bond donors (Lipinski definition) is 1. The number of fused-ring (bicyclic) bond motifs is 2. The van der Waals surface area contributed by atoms with Gasteiger partial charge in [0.2, 0.25) is 0 Å². The van der Waals surface area contributed by atoms with Gasteiger partial charge in [-0.05, 0) is 29.7 Å².